The molecule has 6 heteroatoms. The predicted octanol–water partition coefficient (Wildman–Crippen LogP) is 3.61. The second-order valence-corrected chi connectivity index (χ2v) is 6.35. The molecule has 0 saturated carbocycles. The standard InChI is InChI=1S/C19H26N2O3S/c1-4-6-12-24-18(22)16-13(3)20-19(25)21-17(16)14-9-7-8-10-15(14)23-11-5-2/h7-10,17H,4-6,11-12H2,1-3H3,(H2,20,21,25)/t17-/m1/s1. The van der Waals surface area contributed by atoms with Crippen LogP contribution in [0.1, 0.15) is 51.6 Å². The molecule has 0 aliphatic carbocycles. The van der Waals surface area contributed by atoms with Gasteiger partial charge in [0.2, 0.25) is 0 Å². The third-order valence-corrected chi connectivity index (χ3v) is 4.13. The molecule has 2 N–H and O–H groups in total. The molecule has 1 aromatic carbocycles. The van der Waals surface area contributed by atoms with E-state index >= 15 is 0 Å². The Kier molecular flexibility index (Phi) is 7.25. The fourth-order valence-electron chi connectivity index (χ4n) is 2.65. The highest BCUT2D eigenvalue weighted by Gasteiger charge is 2.32. The molecule has 1 aromatic rings. The van der Waals surface area contributed by atoms with Crippen molar-refractivity contribution in [3.8, 4) is 5.75 Å². The second kappa shape index (κ2) is 9.42. The molecular formula is C19H26N2O3S. The highest BCUT2D eigenvalue weighted by atomic mass is 32.1. The van der Waals surface area contributed by atoms with E-state index in [9.17, 15) is 4.79 Å². The van der Waals surface area contributed by atoms with Crippen LogP contribution in [0.2, 0.25) is 0 Å². The minimum absolute atomic E-state index is 0.330. The molecule has 0 amide bonds. The monoisotopic (exact) mass is 362 g/mol. The highest BCUT2D eigenvalue weighted by Crippen LogP contribution is 2.33. The average molecular weight is 362 g/mol. The van der Waals surface area contributed by atoms with Gasteiger partial charge >= 0.3 is 5.97 Å². The summed E-state index contributed by atoms with van der Waals surface area (Å²) in [4.78, 5) is 12.7. The van der Waals surface area contributed by atoms with Crippen LogP contribution in [0.15, 0.2) is 35.5 Å². The number of allylic oxidation sites excluding steroid dienone is 1. The second-order valence-electron chi connectivity index (χ2n) is 5.95. The molecule has 136 valence electrons. The first-order valence-electron chi connectivity index (χ1n) is 8.75. The van der Waals surface area contributed by atoms with E-state index in [0.717, 1.165) is 30.6 Å². The first-order valence-corrected chi connectivity index (χ1v) is 9.16. The van der Waals surface area contributed by atoms with Crippen molar-refractivity contribution in [1.29, 1.82) is 0 Å². The number of carbonyl (C=O) groups excluding carboxylic acids is 1. The summed E-state index contributed by atoms with van der Waals surface area (Å²) >= 11 is 5.29. The van der Waals surface area contributed by atoms with E-state index in [1.54, 1.807) is 0 Å². The Balaban J connectivity index is 2.34. The number of para-hydroxylation sites is 1. The first kappa shape index (κ1) is 19.2. The number of carbonyl (C=O) groups is 1. The van der Waals surface area contributed by atoms with Crippen molar-refractivity contribution >= 4 is 23.3 Å². The number of nitrogens with one attached hydrogen (secondary N) is 2. The zero-order chi connectivity index (χ0) is 18.2. The zero-order valence-corrected chi connectivity index (χ0v) is 15.9. The molecule has 0 radical (unpaired) electrons. The summed E-state index contributed by atoms with van der Waals surface area (Å²) < 4.78 is 11.3. The number of rotatable bonds is 8. The lowest BCUT2D eigenvalue weighted by Crippen LogP contribution is -2.45. The van der Waals surface area contributed by atoms with Gasteiger partial charge in [-0.2, -0.15) is 0 Å². The topological polar surface area (TPSA) is 59.6 Å². The van der Waals surface area contributed by atoms with E-state index < -0.39 is 6.04 Å². The summed E-state index contributed by atoms with van der Waals surface area (Å²) in [7, 11) is 0. The molecule has 1 atom stereocenters. The SMILES string of the molecule is CCCCOC(=O)C1=C(C)NC(=S)N[C@@H]1c1ccccc1OCCC. The van der Waals surface area contributed by atoms with Gasteiger partial charge in [-0.1, -0.05) is 38.5 Å². The number of benzene rings is 1. The van der Waals surface area contributed by atoms with Crippen molar-refractivity contribution < 1.29 is 14.3 Å². The molecule has 0 bridgehead atoms. The van der Waals surface area contributed by atoms with E-state index in [-0.39, 0.29) is 5.97 Å². The lowest BCUT2D eigenvalue weighted by Gasteiger charge is -2.30. The van der Waals surface area contributed by atoms with Gasteiger partial charge in [0.1, 0.15) is 5.75 Å². The normalized spacial score (nSPS) is 16.9. The van der Waals surface area contributed by atoms with Gasteiger partial charge < -0.3 is 20.1 Å². The molecular weight excluding hydrogens is 336 g/mol. The molecule has 0 spiro atoms. The minimum Gasteiger partial charge on any atom is -0.493 e. The Bertz CT molecular complexity index is 658. The number of hydrogen-bond donors (Lipinski definition) is 2. The maximum Gasteiger partial charge on any atom is 0.338 e. The molecule has 0 saturated heterocycles. The number of esters is 1. The van der Waals surface area contributed by atoms with E-state index in [1.807, 2.05) is 31.2 Å². The smallest absolute Gasteiger partial charge is 0.338 e. The molecule has 0 aromatic heterocycles. The van der Waals surface area contributed by atoms with Crippen LogP contribution in [0.5, 0.6) is 5.75 Å². The maximum atomic E-state index is 12.7. The van der Waals surface area contributed by atoms with Crippen LogP contribution in [0.4, 0.5) is 0 Å². The Morgan fingerprint density at radius 2 is 1.96 bits per heavy atom. The summed E-state index contributed by atoms with van der Waals surface area (Å²) in [6.45, 7) is 6.99. The molecule has 25 heavy (non-hydrogen) atoms. The highest BCUT2D eigenvalue weighted by molar-refractivity contribution is 7.80. The van der Waals surface area contributed by atoms with Crippen LogP contribution in [-0.2, 0) is 9.53 Å². The van der Waals surface area contributed by atoms with Crippen LogP contribution >= 0.6 is 12.2 Å². The zero-order valence-electron chi connectivity index (χ0n) is 15.1. The van der Waals surface area contributed by atoms with Crippen molar-refractivity contribution in [3.63, 3.8) is 0 Å². The molecule has 5 nitrogen and oxygen atoms in total. The fraction of sp³-hybridized carbons (Fsp3) is 0.474. The Hall–Kier alpha value is -2.08. The summed E-state index contributed by atoms with van der Waals surface area (Å²) in [6, 6.07) is 7.31. The molecule has 0 unspecified atom stereocenters. The molecule has 2 rings (SSSR count). The lowest BCUT2D eigenvalue weighted by molar-refractivity contribution is -0.139. The van der Waals surface area contributed by atoms with Crippen LogP contribution in [0, 0.1) is 0 Å². The van der Waals surface area contributed by atoms with Crippen LogP contribution < -0.4 is 15.4 Å². The Labute approximate surface area is 154 Å². The van der Waals surface area contributed by atoms with Gasteiger partial charge in [-0.15, -0.1) is 0 Å². The molecule has 1 aliphatic heterocycles. The number of thiocarbonyl (C=S) groups is 1. The third-order valence-electron chi connectivity index (χ3n) is 3.91. The van der Waals surface area contributed by atoms with Gasteiger partial charge in [-0.3, -0.25) is 0 Å². The Morgan fingerprint density at radius 1 is 1.20 bits per heavy atom. The third kappa shape index (κ3) is 4.95. The van der Waals surface area contributed by atoms with Crippen molar-refractivity contribution in [1.82, 2.24) is 10.6 Å². The van der Waals surface area contributed by atoms with Crippen molar-refractivity contribution in [3.05, 3.63) is 41.1 Å². The molecule has 1 heterocycles. The maximum absolute atomic E-state index is 12.7. The van der Waals surface area contributed by atoms with Crippen LogP contribution in [-0.4, -0.2) is 24.3 Å². The average Bonchev–Trinajstić information content (AvgIpc) is 2.59. The van der Waals surface area contributed by atoms with Gasteiger partial charge in [-0.05, 0) is 38.0 Å². The number of ether oxygens (including phenoxy) is 2. The minimum atomic E-state index is -0.393. The van der Waals surface area contributed by atoms with Crippen LogP contribution in [0.3, 0.4) is 0 Å². The number of unbranched alkanes of at least 4 members (excludes halogenated alkanes) is 1. The van der Waals surface area contributed by atoms with Crippen LogP contribution in [0.25, 0.3) is 0 Å². The largest absolute Gasteiger partial charge is 0.493 e. The first-order chi connectivity index (χ1) is 12.1. The summed E-state index contributed by atoms with van der Waals surface area (Å²) in [5.74, 6) is 0.418. The van der Waals surface area contributed by atoms with Gasteiger partial charge in [-0.25, -0.2) is 4.79 Å². The van der Waals surface area contributed by atoms with Gasteiger partial charge in [0, 0.05) is 11.3 Å². The summed E-state index contributed by atoms with van der Waals surface area (Å²) in [5, 5.41) is 6.69. The molecule has 1 aliphatic rings. The van der Waals surface area contributed by atoms with Gasteiger partial charge in [0.15, 0.2) is 5.11 Å². The number of hydrogen-bond acceptors (Lipinski definition) is 4. The van der Waals surface area contributed by atoms with Crippen molar-refractivity contribution in [2.75, 3.05) is 13.2 Å². The summed E-state index contributed by atoms with van der Waals surface area (Å²) in [5.41, 5.74) is 2.12. The van der Waals surface area contributed by atoms with Gasteiger partial charge in [0.05, 0.1) is 24.8 Å². The van der Waals surface area contributed by atoms with E-state index in [2.05, 4.69) is 24.5 Å². The summed E-state index contributed by atoms with van der Waals surface area (Å²) in [6.07, 6.45) is 2.73. The predicted molar refractivity (Wildman–Crippen MR) is 102 cm³/mol. The van der Waals surface area contributed by atoms with E-state index in [4.69, 9.17) is 21.7 Å². The van der Waals surface area contributed by atoms with Crippen molar-refractivity contribution in [2.45, 2.75) is 46.1 Å². The van der Waals surface area contributed by atoms with E-state index in [0.29, 0.717) is 29.6 Å². The quantitative estimate of drug-likeness (QED) is 0.418. The van der Waals surface area contributed by atoms with Gasteiger partial charge in [0.25, 0.3) is 0 Å². The fourth-order valence-corrected chi connectivity index (χ4v) is 2.92. The Morgan fingerprint density at radius 3 is 2.68 bits per heavy atom. The molecule has 0 fully saturated rings. The van der Waals surface area contributed by atoms with Crippen molar-refractivity contribution in [2.24, 2.45) is 0 Å². The lowest BCUT2D eigenvalue weighted by atomic mass is 9.95. The van der Waals surface area contributed by atoms with E-state index in [1.165, 1.54) is 0 Å².